The van der Waals surface area contributed by atoms with E-state index in [4.69, 9.17) is 0 Å². The van der Waals surface area contributed by atoms with Crippen molar-refractivity contribution in [2.45, 2.75) is 37.6 Å². The van der Waals surface area contributed by atoms with Gasteiger partial charge in [0.05, 0.1) is 0 Å². The van der Waals surface area contributed by atoms with E-state index in [9.17, 15) is 23.1 Å². The van der Waals surface area contributed by atoms with E-state index < -0.39 is 30.1 Å². The molecule has 2 aliphatic rings. The SMILES string of the molecule is Cc1ccc([C@H]2C[C@@H]2C(=O)N2N=CC[C@@]2(O)C(F)(F)F)cc1. The molecule has 1 saturated carbocycles. The molecule has 1 heterocycles. The molecule has 1 aromatic rings. The van der Waals surface area contributed by atoms with Gasteiger partial charge < -0.3 is 5.11 Å². The van der Waals surface area contributed by atoms with Crippen molar-refractivity contribution in [3.63, 3.8) is 0 Å². The molecule has 0 saturated heterocycles. The Morgan fingerprint density at radius 3 is 2.59 bits per heavy atom. The van der Waals surface area contributed by atoms with Crippen LogP contribution in [0.5, 0.6) is 0 Å². The second kappa shape index (κ2) is 4.81. The molecule has 0 bridgehead atoms. The van der Waals surface area contributed by atoms with Crippen molar-refractivity contribution in [1.29, 1.82) is 0 Å². The third-order valence-electron chi connectivity index (χ3n) is 4.20. The number of rotatable bonds is 2. The Labute approximate surface area is 125 Å². The lowest BCUT2D eigenvalue weighted by molar-refractivity contribution is -0.302. The van der Waals surface area contributed by atoms with Gasteiger partial charge in [0.1, 0.15) is 0 Å². The van der Waals surface area contributed by atoms with E-state index in [1.165, 1.54) is 0 Å². The van der Waals surface area contributed by atoms with E-state index in [1.807, 2.05) is 31.2 Å². The highest BCUT2D eigenvalue weighted by Crippen LogP contribution is 2.50. The Hall–Kier alpha value is -1.89. The summed E-state index contributed by atoms with van der Waals surface area (Å²) in [6.07, 6.45) is -4.27. The van der Waals surface area contributed by atoms with Gasteiger partial charge in [0, 0.05) is 18.6 Å². The van der Waals surface area contributed by atoms with Crippen molar-refractivity contribution < 1.29 is 23.1 Å². The summed E-state index contributed by atoms with van der Waals surface area (Å²) in [7, 11) is 0. The molecule has 3 atom stereocenters. The molecule has 3 rings (SSSR count). The van der Waals surface area contributed by atoms with E-state index in [1.54, 1.807) is 0 Å². The number of nitrogens with zero attached hydrogens (tertiary/aromatic N) is 2. The number of halogens is 3. The minimum absolute atomic E-state index is 0.110. The fourth-order valence-corrected chi connectivity index (χ4v) is 2.71. The Morgan fingerprint density at radius 2 is 2.00 bits per heavy atom. The number of amides is 1. The fourth-order valence-electron chi connectivity index (χ4n) is 2.71. The normalized spacial score (nSPS) is 30.7. The highest BCUT2D eigenvalue weighted by atomic mass is 19.4. The van der Waals surface area contributed by atoms with Gasteiger partial charge in [0.25, 0.3) is 5.72 Å². The van der Waals surface area contributed by atoms with Crippen molar-refractivity contribution in [1.82, 2.24) is 5.01 Å². The quantitative estimate of drug-likeness (QED) is 0.912. The predicted octanol–water partition coefficient (Wildman–Crippen LogP) is 2.57. The highest BCUT2D eigenvalue weighted by molar-refractivity contribution is 5.85. The molecule has 118 valence electrons. The molecular formula is C15H15F3N2O2. The van der Waals surface area contributed by atoms with Crippen molar-refractivity contribution in [3.05, 3.63) is 35.4 Å². The number of hydrogen-bond donors (Lipinski definition) is 1. The molecule has 1 aliphatic heterocycles. The van der Waals surface area contributed by atoms with Gasteiger partial charge in [0.15, 0.2) is 0 Å². The van der Waals surface area contributed by atoms with Crippen LogP contribution in [-0.2, 0) is 4.79 Å². The molecule has 1 amide bonds. The lowest BCUT2D eigenvalue weighted by Gasteiger charge is -2.32. The molecule has 1 N–H and O–H groups in total. The molecule has 0 radical (unpaired) electrons. The second-order valence-corrected chi connectivity index (χ2v) is 5.83. The van der Waals surface area contributed by atoms with Crippen LogP contribution in [-0.4, -0.2) is 34.1 Å². The van der Waals surface area contributed by atoms with Crippen LogP contribution in [0.4, 0.5) is 13.2 Å². The Kier molecular flexibility index (Phi) is 3.28. The van der Waals surface area contributed by atoms with E-state index in [0.29, 0.717) is 6.42 Å². The molecular weight excluding hydrogens is 297 g/mol. The van der Waals surface area contributed by atoms with Gasteiger partial charge in [-0.3, -0.25) is 4.79 Å². The van der Waals surface area contributed by atoms with Crippen LogP contribution >= 0.6 is 0 Å². The molecule has 4 nitrogen and oxygen atoms in total. The average Bonchev–Trinajstić information content (AvgIpc) is 3.13. The van der Waals surface area contributed by atoms with Crippen molar-refractivity contribution >= 4 is 12.1 Å². The second-order valence-electron chi connectivity index (χ2n) is 5.83. The van der Waals surface area contributed by atoms with Crippen LogP contribution in [0.2, 0.25) is 0 Å². The van der Waals surface area contributed by atoms with Crippen LogP contribution in [0, 0.1) is 12.8 Å². The number of carbonyl (C=O) groups excluding carboxylic acids is 1. The lowest BCUT2D eigenvalue weighted by atomic mass is 10.1. The zero-order chi connectivity index (χ0) is 16.1. The summed E-state index contributed by atoms with van der Waals surface area (Å²) in [6, 6.07) is 7.54. The third kappa shape index (κ3) is 2.29. The van der Waals surface area contributed by atoms with Gasteiger partial charge in [-0.2, -0.15) is 23.3 Å². The number of hydrogen-bond acceptors (Lipinski definition) is 3. The minimum Gasteiger partial charge on any atom is -0.362 e. The van der Waals surface area contributed by atoms with Crippen LogP contribution in [0.1, 0.15) is 29.9 Å². The maximum absolute atomic E-state index is 13.0. The molecule has 0 aromatic heterocycles. The summed E-state index contributed by atoms with van der Waals surface area (Å²) >= 11 is 0. The highest BCUT2D eigenvalue weighted by Gasteiger charge is 2.63. The molecule has 1 fully saturated rings. The van der Waals surface area contributed by atoms with E-state index >= 15 is 0 Å². The maximum Gasteiger partial charge on any atom is 0.438 e. The Bertz CT molecular complexity index is 627. The summed E-state index contributed by atoms with van der Waals surface area (Å²) < 4.78 is 38.9. The molecule has 1 aliphatic carbocycles. The fraction of sp³-hybridized carbons (Fsp3) is 0.467. The zero-order valence-corrected chi connectivity index (χ0v) is 11.8. The smallest absolute Gasteiger partial charge is 0.362 e. The van der Waals surface area contributed by atoms with Crippen LogP contribution < -0.4 is 0 Å². The molecule has 0 unspecified atom stereocenters. The number of hydrazone groups is 1. The van der Waals surface area contributed by atoms with Crippen LogP contribution in [0.25, 0.3) is 0 Å². The predicted molar refractivity (Wildman–Crippen MR) is 73.0 cm³/mol. The number of aryl methyl sites for hydroxylation is 1. The third-order valence-corrected chi connectivity index (χ3v) is 4.20. The maximum atomic E-state index is 13.0. The first kappa shape index (κ1) is 15.0. The zero-order valence-electron chi connectivity index (χ0n) is 11.8. The number of carbonyl (C=O) groups is 1. The molecule has 1 aromatic carbocycles. The van der Waals surface area contributed by atoms with Crippen LogP contribution in [0.3, 0.4) is 0 Å². The Balaban J connectivity index is 1.76. The van der Waals surface area contributed by atoms with Crippen molar-refractivity contribution in [2.24, 2.45) is 11.0 Å². The van der Waals surface area contributed by atoms with E-state index in [0.717, 1.165) is 17.3 Å². The van der Waals surface area contributed by atoms with Gasteiger partial charge in [0.2, 0.25) is 5.91 Å². The number of alkyl halides is 3. The monoisotopic (exact) mass is 312 g/mol. The van der Waals surface area contributed by atoms with Crippen molar-refractivity contribution in [2.75, 3.05) is 0 Å². The summed E-state index contributed by atoms with van der Waals surface area (Å²) in [5.41, 5.74) is -1.23. The average molecular weight is 312 g/mol. The first-order valence-corrected chi connectivity index (χ1v) is 6.96. The van der Waals surface area contributed by atoms with E-state index in [2.05, 4.69) is 5.10 Å². The first-order valence-electron chi connectivity index (χ1n) is 6.96. The van der Waals surface area contributed by atoms with Crippen molar-refractivity contribution in [3.8, 4) is 0 Å². The van der Waals surface area contributed by atoms with Gasteiger partial charge >= 0.3 is 6.18 Å². The summed E-state index contributed by atoms with van der Waals surface area (Å²) in [4.78, 5) is 12.3. The molecule has 22 heavy (non-hydrogen) atoms. The Morgan fingerprint density at radius 1 is 1.36 bits per heavy atom. The largest absolute Gasteiger partial charge is 0.438 e. The summed E-state index contributed by atoms with van der Waals surface area (Å²) in [6.45, 7) is 1.93. The first-order chi connectivity index (χ1) is 10.2. The van der Waals surface area contributed by atoms with E-state index in [-0.39, 0.29) is 10.9 Å². The molecule has 7 heteroatoms. The minimum atomic E-state index is -4.94. The topological polar surface area (TPSA) is 52.9 Å². The number of benzene rings is 1. The van der Waals surface area contributed by atoms with Gasteiger partial charge in [-0.25, -0.2) is 0 Å². The number of aliphatic hydroxyl groups is 1. The summed E-state index contributed by atoms with van der Waals surface area (Å²) in [5.74, 6) is -1.45. The standard InChI is InChI=1S/C15H15F3N2O2/c1-9-2-4-10(5-3-9)11-8-12(11)13(21)20-14(22,6-7-19-20)15(16,17)18/h2-5,7,11-12,22H,6,8H2,1H3/t11-,12+,14-/m1/s1. The summed E-state index contributed by atoms with van der Waals surface area (Å²) in [5, 5.41) is 13.4. The van der Waals surface area contributed by atoms with Crippen LogP contribution in [0.15, 0.2) is 29.4 Å². The molecule has 0 spiro atoms. The van der Waals surface area contributed by atoms with Gasteiger partial charge in [-0.1, -0.05) is 29.8 Å². The van der Waals surface area contributed by atoms with Gasteiger partial charge in [-0.05, 0) is 24.8 Å². The lowest BCUT2D eigenvalue weighted by Crippen LogP contribution is -2.56. The van der Waals surface area contributed by atoms with Gasteiger partial charge in [-0.15, -0.1) is 0 Å².